The van der Waals surface area contributed by atoms with Gasteiger partial charge in [0.15, 0.2) is 0 Å². The van der Waals surface area contributed by atoms with Crippen LogP contribution in [0.25, 0.3) is 0 Å². The van der Waals surface area contributed by atoms with Crippen molar-refractivity contribution in [2.24, 2.45) is 0 Å². The standard InChI is InChI=1S/C46H66O11/c47-44(48)26-16-3-1-5-18-28-54-38-43(56-29-19-6-2-4-17-27-45(49)50)39-55-35-34-52-31-30-51-32-33-53-36-37-57-46(40-20-10-7-11-21-40,41-22-12-8-13-23-41)42-24-14-9-15-25-42/h7-15,20-25,43H,1-6,16-19,26-39H2,(H,47,48)(H,49,50). The number of carbonyl (C=O) groups is 2. The van der Waals surface area contributed by atoms with Crippen LogP contribution in [0.15, 0.2) is 91.0 Å². The van der Waals surface area contributed by atoms with Crippen molar-refractivity contribution in [3.05, 3.63) is 108 Å². The molecule has 57 heavy (non-hydrogen) atoms. The number of carboxylic acids is 2. The van der Waals surface area contributed by atoms with Crippen molar-refractivity contribution < 1.29 is 53.0 Å². The van der Waals surface area contributed by atoms with Crippen LogP contribution in [0, 0.1) is 0 Å². The zero-order valence-electron chi connectivity index (χ0n) is 33.8. The molecular weight excluding hydrogens is 728 g/mol. The van der Waals surface area contributed by atoms with E-state index in [1.54, 1.807) is 0 Å². The van der Waals surface area contributed by atoms with Crippen LogP contribution in [0.1, 0.15) is 93.7 Å². The molecule has 0 aromatic heterocycles. The van der Waals surface area contributed by atoms with Gasteiger partial charge in [0.2, 0.25) is 0 Å². The number of ether oxygens (including phenoxy) is 7. The molecule has 0 saturated heterocycles. The number of carboxylic acid groups (broad SMARTS) is 2. The molecule has 0 aliphatic carbocycles. The molecule has 0 spiro atoms. The Bertz CT molecular complexity index is 1310. The van der Waals surface area contributed by atoms with E-state index >= 15 is 0 Å². The molecule has 3 rings (SSSR count). The number of unbranched alkanes of at least 4 members (excludes halogenated alkanes) is 8. The summed E-state index contributed by atoms with van der Waals surface area (Å²) in [6.45, 7) is 5.55. The normalized spacial score (nSPS) is 12.1. The fourth-order valence-electron chi connectivity index (χ4n) is 6.43. The highest BCUT2D eigenvalue weighted by atomic mass is 16.6. The molecule has 0 bridgehead atoms. The third kappa shape index (κ3) is 21.1. The van der Waals surface area contributed by atoms with Gasteiger partial charge in [0.1, 0.15) is 11.7 Å². The Hall–Kier alpha value is -3.68. The fourth-order valence-corrected chi connectivity index (χ4v) is 6.43. The Balaban J connectivity index is 1.26. The minimum atomic E-state index is -0.772. The van der Waals surface area contributed by atoms with E-state index in [0.717, 1.165) is 68.1 Å². The summed E-state index contributed by atoms with van der Waals surface area (Å²) in [7, 11) is 0. The molecule has 0 saturated carbocycles. The van der Waals surface area contributed by atoms with Gasteiger partial charge in [0.05, 0.1) is 66.1 Å². The number of hydrogen-bond acceptors (Lipinski definition) is 9. The summed E-state index contributed by atoms with van der Waals surface area (Å²) >= 11 is 0. The van der Waals surface area contributed by atoms with Crippen molar-refractivity contribution in [1.82, 2.24) is 0 Å². The molecule has 0 aliphatic heterocycles. The molecule has 11 nitrogen and oxygen atoms in total. The second-order valence-electron chi connectivity index (χ2n) is 13.9. The number of aliphatic carboxylic acids is 2. The summed E-state index contributed by atoms with van der Waals surface area (Å²) in [5.74, 6) is -1.48. The summed E-state index contributed by atoms with van der Waals surface area (Å²) in [5, 5.41) is 17.5. The number of rotatable bonds is 37. The Morgan fingerprint density at radius 3 is 1.21 bits per heavy atom. The third-order valence-corrected chi connectivity index (χ3v) is 9.38. The molecule has 11 heteroatoms. The van der Waals surface area contributed by atoms with Crippen LogP contribution in [-0.4, -0.2) is 108 Å². The van der Waals surface area contributed by atoms with Gasteiger partial charge in [-0.3, -0.25) is 9.59 Å². The molecule has 3 aromatic rings. The maximum atomic E-state index is 10.7. The van der Waals surface area contributed by atoms with Crippen LogP contribution in [0.3, 0.4) is 0 Å². The molecular formula is C46H66O11. The molecule has 0 amide bonds. The lowest BCUT2D eigenvalue weighted by Gasteiger charge is -2.36. The Labute approximate surface area is 339 Å². The second-order valence-corrected chi connectivity index (χ2v) is 13.9. The van der Waals surface area contributed by atoms with Crippen LogP contribution in [-0.2, 0) is 48.3 Å². The lowest BCUT2D eigenvalue weighted by atomic mass is 9.80. The van der Waals surface area contributed by atoms with Gasteiger partial charge in [-0.05, 0) is 42.4 Å². The zero-order chi connectivity index (χ0) is 40.5. The van der Waals surface area contributed by atoms with E-state index in [0.29, 0.717) is 92.1 Å². The van der Waals surface area contributed by atoms with E-state index in [1.807, 2.05) is 54.6 Å². The quantitative estimate of drug-likeness (QED) is 0.0430. The first-order valence-corrected chi connectivity index (χ1v) is 20.8. The molecule has 316 valence electrons. The van der Waals surface area contributed by atoms with E-state index in [1.165, 1.54) is 0 Å². The molecule has 0 aliphatic rings. The summed E-state index contributed by atoms with van der Waals surface area (Å²) in [4.78, 5) is 21.3. The van der Waals surface area contributed by atoms with Crippen LogP contribution >= 0.6 is 0 Å². The first-order chi connectivity index (χ1) is 28.0. The molecule has 0 heterocycles. The predicted octanol–water partition coefficient (Wildman–Crippen LogP) is 8.31. The van der Waals surface area contributed by atoms with Gasteiger partial charge in [-0.15, -0.1) is 0 Å². The minimum Gasteiger partial charge on any atom is -0.481 e. The highest BCUT2D eigenvalue weighted by Gasteiger charge is 2.37. The first kappa shape index (κ1) is 47.7. The van der Waals surface area contributed by atoms with Gasteiger partial charge >= 0.3 is 11.9 Å². The van der Waals surface area contributed by atoms with E-state index in [-0.39, 0.29) is 18.9 Å². The summed E-state index contributed by atoms with van der Waals surface area (Å²) in [6.07, 6.45) is 9.33. The lowest BCUT2D eigenvalue weighted by Crippen LogP contribution is -2.34. The van der Waals surface area contributed by atoms with Crippen LogP contribution in [0.5, 0.6) is 0 Å². The fraction of sp³-hybridized carbons (Fsp3) is 0.565. The van der Waals surface area contributed by atoms with Crippen molar-refractivity contribution in [1.29, 1.82) is 0 Å². The Morgan fingerprint density at radius 1 is 0.421 bits per heavy atom. The largest absolute Gasteiger partial charge is 0.481 e. The first-order valence-electron chi connectivity index (χ1n) is 20.8. The van der Waals surface area contributed by atoms with Crippen molar-refractivity contribution >= 4 is 11.9 Å². The number of benzene rings is 3. The molecule has 0 fully saturated rings. The van der Waals surface area contributed by atoms with Crippen LogP contribution < -0.4 is 0 Å². The van der Waals surface area contributed by atoms with E-state index in [4.69, 9.17) is 43.4 Å². The minimum absolute atomic E-state index is 0.187. The van der Waals surface area contributed by atoms with Crippen LogP contribution in [0.4, 0.5) is 0 Å². The van der Waals surface area contributed by atoms with E-state index < -0.39 is 17.5 Å². The van der Waals surface area contributed by atoms with Gasteiger partial charge < -0.3 is 43.4 Å². The summed E-state index contributed by atoms with van der Waals surface area (Å²) in [5.41, 5.74) is 2.39. The van der Waals surface area contributed by atoms with E-state index in [2.05, 4.69) is 36.4 Å². The van der Waals surface area contributed by atoms with Crippen molar-refractivity contribution in [2.75, 3.05) is 79.3 Å². The molecule has 2 N–H and O–H groups in total. The highest BCUT2D eigenvalue weighted by molar-refractivity contribution is 5.66. The van der Waals surface area contributed by atoms with Gasteiger partial charge in [-0.25, -0.2) is 0 Å². The van der Waals surface area contributed by atoms with Crippen molar-refractivity contribution in [2.45, 2.75) is 88.8 Å². The van der Waals surface area contributed by atoms with Gasteiger partial charge in [-0.2, -0.15) is 0 Å². The maximum Gasteiger partial charge on any atom is 0.303 e. The summed E-state index contributed by atoms with van der Waals surface area (Å²) in [6, 6.07) is 30.9. The average Bonchev–Trinajstić information content (AvgIpc) is 3.23. The molecule has 1 atom stereocenters. The lowest BCUT2D eigenvalue weighted by molar-refractivity contribution is -0.138. The molecule has 3 aromatic carbocycles. The third-order valence-electron chi connectivity index (χ3n) is 9.38. The van der Waals surface area contributed by atoms with Gasteiger partial charge in [0.25, 0.3) is 0 Å². The van der Waals surface area contributed by atoms with Gasteiger partial charge in [-0.1, -0.05) is 130 Å². The average molecular weight is 795 g/mol. The molecule has 0 radical (unpaired) electrons. The monoisotopic (exact) mass is 794 g/mol. The topological polar surface area (TPSA) is 139 Å². The SMILES string of the molecule is O=C(O)CCCCCCCOCC(COCCOCCOCCOCCOC(c1ccccc1)(c1ccccc1)c1ccccc1)OCCCCCCCC(=O)O. The summed E-state index contributed by atoms with van der Waals surface area (Å²) < 4.78 is 41.9. The van der Waals surface area contributed by atoms with Crippen LogP contribution in [0.2, 0.25) is 0 Å². The maximum absolute atomic E-state index is 10.7. The molecule has 1 unspecified atom stereocenters. The Morgan fingerprint density at radius 2 is 0.772 bits per heavy atom. The second kappa shape index (κ2) is 31.3. The van der Waals surface area contributed by atoms with Crippen molar-refractivity contribution in [3.63, 3.8) is 0 Å². The smallest absolute Gasteiger partial charge is 0.303 e. The van der Waals surface area contributed by atoms with Gasteiger partial charge in [0, 0.05) is 26.1 Å². The highest BCUT2D eigenvalue weighted by Crippen LogP contribution is 2.40. The number of hydrogen-bond donors (Lipinski definition) is 2. The Kier molecular flexibility index (Phi) is 26.2. The predicted molar refractivity (Wildman–Crippen MR) is 220 cm³/mol. The van der Waals surface area contributed by atoms with Crippen molar-refractivity contribution in [3.8, 4) is 0 Å². The van der Waals surface area contributed by atoms with E-state index in [9.17, 15) is 9.59 Å². The zero-order valence-corrected chi connectivity index (χ0v) is 33.8.